The van der Waals surface area contributed by atoms with E-state index in [2.05, 4.69) is 11.9 Å². The number of aliphatic carboxylic acids is 1. The van der Waals surface area contributed by atoms with Crippen molar-refractivity contribution in [2.45, 2.75) is 12.8 Å². The minimum Gasteiger partial charge on any atom is -0.481 e. The number of carbonyl (C=O) groups excluding carboxylic acids is 2. The van der Waals surface area contributed by atoms with Crippen LogP contribution in [-0.2, 0) is 14.3 Å². The van der Waals surface area contributed by atoms with Gasteiger partial charge in [0.25, 0.3) is 5.91 Å². The van der Waals surface area contributed by atoms with Crippen LogP contribution in [0.2, 0.25) is 0 Å². The van der Waals surface area contributed by atoms with Crippen LogP contribution >= 0.6 is 0 Å². The molecule has 7 nitrogen and oxygen atoms in total. The third-order valence-corrected chi connectivity index (χ3v) is 4.87. The van der Waals surface area contributed by atoms with Crippen molar-refractivity contribution in [2.24, 2.45) is 5.41 Å². The second-order valence-corrected chi connectivity index (χ2v) is 6.36. The van der Waals surface area contributed by atoms with Gasteiger partial charge in [0.1, 0.15) is 6.54 Å². The molecule has 7 heteroatoms. The third-order valence-electron chi connectivity index (χ3n) is 4.87. The molecule has 2 N–H and O–H groups in total. The van der Waals surface area contributed by atoms with Crippen molar-refractivity contribution >= 4 is 23.5 Å². The lowest BCUT2D eigenvalue weighted by molar-refractivity contribution is -0.154. The number of nitrogens with zero attached hydrogens (tertiary/aromatic N) is 1. The average molecular weight is 344 g/mol. The molecule has 1 aromatic rings. The van der Waals surface area contributed by atoms with Crippen molar-refractivity contribution in [1.82, 2.24) is 10.2 Å². The number of hydrogen-bond donors (Lipinski definition) is 2. The molecule has 1 aromatic carbocycles. The van der Waals surface area contributed by atoms with Gasteiger partial charge in [-0.1, -0.05) is 24.8 Å². The minimum absolute atomic E-state index is 0.0198. The molecule has 132 valence electrons. The first kappa shape index (κ1) is 17.2. The molecule has 0 atom stereocenters. The molecule has 2 heterocycles. The quantitative estimate of drug-likeness (QED) is 0.834. The second-order valence-electron chi connectivity index (χ2n) is 6.36. The average Bonchev–Trinajstić information content (AvgIpc) is 2.86. The zero-order valence-electron chi connectivity index (χ0n) is 13.8. The zero-order valence-corrected chi connectivity index (χ0v) is 13.8. The van der Waals surface area contributed by atoms with Crippen LogP contribution in [-0.4, -0.2) is 54.1 Å². The van der Waals surface area contributed by atoms with Crippen molar-refractivity contribution in [2.75, 3.05) is 26.3 Å². The number of benzene rings is 1. The van der Waals surface area contributed by atoms with Crippen LogP contribution in [0.25, 0.3) is 5.70 Å². The molecule has 25 heavy (non-hydrogen) atoms. The summed E-state index contributed by atoms with van der Waals surface area (Å²) in [6.45, 7) is 4.44. The van der Waals surface area contributed by atoms with E-state index < -0.39 is 17.3 Å². The van der Waals surface area contributed by atoms with Gasteiger partial charge in [0.15, 0.2) is 0 Å². The number of hydrogen-bond acceptors (Lipinski definition) is 4. The van der Waals surface area contributed by atoms with E-state index in [1.165, 1.54) is 4.90 Å². The molecule has 1 saturated heterocycles. The number of rotatable bonds is 5. The van der Waals surface area contributed by atoms with Crippen LogP contribution in [0.15, 0.2) is 30.8 Å². The Hall–Kier alpha value is -2.67. The standard InChI is InChI=1S/C18H20N2O5/c1-12-13-4-2-3-5-14(13)16(22)20(12)10-15(21)19-11-18(17(23)24)6-8-25-9-7-18/h2-5H,1,6-11H2,(H,19,21)(H,23,24). The summed E-state index contributed by atoms with van der Waals surface area (Å²) in [5, 5.41) is 12.2. The van der Waals surface area contributed by atoms with Crippen molar-refractivity contribution in [1.29, 1.82) is 0 Å². The Morgan fingerprint density at radius 1 is 1.24 bits per heavy atom. The first-order valence-corrected chi connectivity index (χ1v) is 8.13. The molecule has 0 bridgehead atoms. The Kier molecular flexibility index (Phi) is 4.59. The Morgan fingerprint density at radius 2 is 1.88 bits per heavy atom. The molecule has 0 aromatic heterocycles. The van der Waals surface area contributed by atoms with Crippen LogP contribution in [0.4, 0.5) is 0 Å². The van der Waals surface area contributed by atoms with E-state index in [9.17, 15) is 19.5 Å². The molecule has 0 spiro atoms. The number of ether oxygens (including phenoxy) is 1. The van der Waals surface area contributed by atoms with Gasteiger partial charge in [-0.25, -0.2) is 0 Å². The maximum Gasteiger partial charge on any atom is 0.311 e. The van der Waals surface area contributed by atoms with E-state index >= 15 is 0 Å². The van der Waals surface area contributed by atoms with Gasteiger partial charge in [0.2, 0.25) is 5.91 Å². The molecule has 0 aliphatic carbocycles. The van der Waals surface area contributed by atoms with Gasteiger partial charge < -0.3 is 15.2 Å². The summed E-state index contributed by atoms with van der Waals surface area (Å²) in [5.74, 6) is -1.62. The Bertz CT molecular complexity index is 702. The van der Waals surface area contributed by atoms with Crippen molar-refractivity contribution < 1.29 is 24.2 Å². The predicted molar refractivity (Wildman–Crippen MR) is 89.6 cm³/mol. The monoisotopic (exact) mass is 344 g/mol. The van der Waals surface area contributed by atoms with Crippen LogP contribution < -0.4 is 5.32 Å². The second kappa shape index (κ2) is 6.68. The number of carboxylic acid groups (broad SMARTS) is 1. The lowest BCUT2D eigenvalue weighted by Gasteiger charge is -2.33. The highest BCUT2D eigenvalue weighted by atomic mass is 16.5. The maximum atomic E-state index is 12.4. The summed E-state index contributed by atoms with van der Waals surface area (Å²) in [7, 11) is 0. The topological polar surface area (TPSA) is 95.9 Å². The molecule has 2 aliphatic rings. The van der Waals surface area contributed by atoms with Crippen molar-refractivity contribution in [3.05, 3.63) is 42.0 Å². The normalized spacial score (nSPS) is 18.8. The molecule has 0 radical (unpaired) electrons. The SMILES string of the molecule is C=C1c2ccccc2C(=O)N1CC(=O)NCC1(C(=O)O)CCOCC1. The summed E-state index contributed by atoms with van der Waals surface area (Å²) < 4.78 is 5.21. The molecule has 2 aliphatic heterocycles. The van der Waals surface area contributed by atoms with Crippen molar-refractivity contribution in [3.63, 3.8) is 0 Å². The van der Waals surface area contributed by atoms with E-state index in [-0.39, 0.29) is 19.0 Å². The highest BCUT2D eigenvalue weighted by Crippen LogP contribution is 2.31. The number of amides is 2. The fraction of sp³-hybridized carbons (Fsp3) is 0.389. The summed E-state index contributed by atoms with van der Waals surface area (Å²) in [6, 6.07) is 7.05. The van der Waals surface area contributed by atoms with Gasteiger partial charge in [-0.3, -0.25) is 19.3 Å². The van der Waals surface area contributed by atoms with Crippen molar-refractivity contribution in [3.8, 4) is 0 Å². The summed E-state index contributed by atoms with van der Waals surface area (Å²) >= 11 is 0. The number of fused-ring (bicyclic) bond motifs is 1. The van der Waals surface area contributed by atoms with Crippen LogP contribution in [0.3, 0.4) is 0 Å². The smallest absolute Gasteiger partial charge is 0.311 e. The van der Waals surface area contributed by atoms with E-state index in [1.807, 2.05) is 6.07 Å². The fourth-order valence-electron chi connectivity index (χ4n) is 3.20. The third kappa shape index (κ3) is 3.15. The number of carbonyl (C=O) groups is 3. The van der Waals surface area contributed by atoms with Gasteiger partial charge in [0.05, 0.1) is 5.41 Å². The van der Waals surface area contributed by atoms with E-state index in [4.69, 9.17) is 4.74 Å². The predicted octanol–water partition coefficient (Wildman–Crippen LogP) is 1.11. The summed E-state index contributed by atoms with van der Waals surface area (Å²) in [4.78, 5) is 37.6. The van der Waals surface area contributed by atoms with Crippen LogP contribution in [0.5, 0.6) is 0 Å². The minimum atomic E-state index is -1.01. The lowest BCUT2D eigenvalue weighted by atomic mass is 9.80. The van der Waals surface area contributed by atoms with Gasteiger partial charge in [-0.05, 0) is 18.9 Å². The maximum absolute atomic E-state index is 12.4. The zero-order chi connectivity index (χ0) is 18.0. The molecule has 0 unspecified atom stereocenters. The first-order valence-electron chi connectivity index (χ1n) is 8.13. The molecule has 0 saturated carbocycles. The Balaban J connectivity index is 1.63. The number of carboxylic acids is 1. The Morgan fingerprint density at radius 3 is 2.48 bits per heavy atom. The molecular weight excluding hydrogens is 324 g/mol. The van der Waals surface area contributed by atoms with Gasteiger partial charge in [0, 0.05) is 36.6 Å². The van der Waals surface area contributed by atoms with Gasteiger partial charge >= 0.3 is 5.97 Å². The van der Waals surface area contributed by atoms with Crippen LogP contribution in [0.1, 0.15) is 28.8 Å². The molecular formula is C18H20N2O5. The van der Waals surface area contributed by atoms with Gasteiger partial charge in [-0.15, -0.1) is 0 Å². The summed E-state index contributed by atoms with van der Waals surface area (Å²) in [6.07, 6.45) is 0.701. The van der Waals surface area contributed by atoms with Crippen LogP contribution in [0, 0.1) is 5.41 Å². The van der Waals surface area contributed by atoms with E-state index in [1.54, 1.807) is 18.2 Å². The molecule has 1 fully saturated rings. The largest absolute Gasteiger partial charge is 0.481 e. The molecule has 2 amide bonds. The molecule has 3 rings (SSSR count). The highest BCUT2D eigenvalue weighted by Gasteiger charge is 2.41. The summed E-state index contributed by atoms with van der Waals surface area (Å²) in [5.41, 5.74) is 0.705. The lowest BCUT2D eigenvalue weighted by Crippen LogP contribution is -2.48. The van der Waals surface area contributed by atoms with E-state index in [0.29, 0.717) is 42.9 Å². The van der Waals surface area contributed by atoms with E-state index in [0.717, 1.165) is 0 Å². The highest BCUT2D eigenvalue weighted by molar-refractivity contribution is 6.10. The van der Waals surface area contributed by atoms with Gasteiger partial charge in [-0.2, -0.15) is 0 Å². The first-order chi connectivity index (χ1) is 11.9. The fourth-order valence-corrected chi connectivity index (χ4v) is 3.20. The number of nitrogens with one attached hydrogen (secondary N) is 1. The Labute approximate surface area is 145 Å².